The first-order chi connectivity index (χ1) is 8.47. The van der Waals surface area contributed by atoms with E-state index in [9.17, 15) is 0 Å². The maximum absolute atomic E-state index is 6.34. The average Bonchev–Trinajstić information content (AvgIpc) is 2.34. The minimum Gasteiger partial charge on any atom is -0.371 e. The van der Waals surface area contributed by atoms with E-state index in [0.717, 1.165) is 22.7 Å². The molecule has 18 heavy (non-hydrogen) atoms. The zero-order valence-corrected chi connectivity index (χ0v) is 13.2. The molecule has 1 rings (SSSR count). The van der Waals surface area contributed by atoms with Gasteiger partial charge in [-0.3, -0.25) is 0 Å². The van der Waals surface area contributed by atoms with Gasteiger partial charge >= 0.3 is 0 Å². The van der Waals surface area contributed by atoms with E-state index in [0.29, 0.717) is 6.04 Å². The van der Waals surface area contributed by atoms with E-state index in [2.05, 4.69) is 37.3 Å². The number of hydrogen-bond acceptors (Lipinski definition) is 3. The summed E-state index contributed by atoms with van der Waals surface area (Å²) in [6, 6.07) is 6.60. The molecule has 1 aromatic rings. The highest BCUT2D eigenvalue weighted by atomic mass is 35.5. The second-order valence-corrected chi connectivity index (χ2v) is 6.13. The van der Waals surface area contributed by atoms with Gasteiger partial charge in [-0.05, 0) is 50.0 Å². The fourth-order valence-electron chi connectivity index (χ4n) is 1.81. The molecule has 2 N–H and O–H groups in total. The van der Waals surface area contributed by atoms with Crippen LogP contribution >= 0.6 is 23.4 Å². The molecule has 0 amide bonds. The molecule has 102 valence electrons. The van der Waals surface area contributed by atoms with Crippen molar-refractivity contribution in [2.45, 2.75) is 32.4 Å². The lowest BCUT2D eigenvalue weighted by atomic mass is 10.1. The quantitative estimate of drug-likeness (QED) is 0.859. The standard InChI is InChI=1S/C14H23ClN2S/c1-10(7-8-18-4)17(3)14-6-5-12(11(2)16)9-13(14)15/h5-6,9-11H,7-8,16H2,1-4H3. The zero-order chi connectivity index (χ0) is 13.7. The Morgan fingerprint density at radius 2 is 2.06 bits per heavy atom. The van der Waals surface area contributed by atoms with Crippen molar-refractivity contribution in [3.05, 3.63) is 28.8 Å². The number of hydrogen-bond donors (Lipinski definition) is 1. The van der Waals surface area contributed by atoms with Crippen LogP contribution in [-0.4, -0.2) is 25.1 Å². The fraction of sp³-hybridized carbons (Fsp3) is 0.571. The second-order valence-electron chi connectivity index (χ2n) is 4.74. The molecule has 0 aliphatic heterocycles. The Morgan fingerprint density at radius 3 is 2.56 bits per heavy atom. The Kier molecular flexibility index (Phi) is 6.33. The highest BCUT2D eigenvalue weighted by Gasteiger charge is 2.13. The SMILES string of the molecule is CSCCC(C)N(C)c1ccc(C(C)N)cc1Cl. The first kappa shape index (κ1) is 15.7. The molecule has 2 atom stereocenters. The Bertz CT molecular complexity index is 382. The van der Waals surface area contributed by atoms with E-state index in [1.54, 1.807) is 0 Å². The molecule has 4 heteroatoms. The summed E-state index contributed by atoms with van der Waals surface area (Å²) in [5.41, 5.74) is 8.02. The van der Waals surface area contributed by atoms with E-state index in [1.165, 1.54) is 5.75 Å². The van der Waals surface area contributed by atoms with Gasteiger partial charge in [0, 0.05) is 19.1 Å². The van der Waals surface area contributed by atoms with Crippen LogP contribution < -0.4 is 10.6 Å². The van der Waals surface area contributed by atoms with Gasteiger partial charge in [0.25, 0.3) is 0 Å². The first-order valence-electron chi connectivity index (χ1n) is 6.24. The van der Waals surface area contributed by atoms with E-state index in [-0.39, 0.29) is 6.04 Å². The largest absolute Gasteiger partial charge is 0.371 e. The molecule has 2 unspecified atom stereocenters. The van der Waals surface area contributed by atoms with Crippen LogP contribution in [0.25, 0.3) is 0 Å². The number of halogens is 1. The molecule has 0 heterocycles. The molecule has 0 aromatic heterocycles. The monoisotopic (exact) mass is 286 g/mol. The van der Waals surface area contributed by atoms with Crippen molar-refractivity contribution < 1.29 is 0 Å². The third-order valence-corrected chi connectivity index (χ3v) is 4.23. The van der Waals surface area contributed by atoms with Gasteiger partial charge in [-0.15, -0.1) is 0 Å². The van der Waals surface area contributed by atoms with E-state index in [4.69, 9.17) is 17.3 Å². The summed E-state index contributed by atoms with van der Waals surface area (Å²) in [6.07, 6.45) is 3.29. The number of anilines is 1. The van der Waals surface area contributed by atoms with Gasteiger partial charge in [0.1, 0.15) is 0 Å². The summed E-state index contributed by atoms with van der Waals surface area (Å²) in [6.45, 7) is 4.20. The van der Waals surface area contributed by atoms with E-state index >= 15 is 0 Å². The minimum absolute atomic E-state index is 0.0239. The summed E-state index contributed by atoms with van der Waals surface area (Å²) >= 11 is 8.22. The lowest BCUT2D eigenvalue weighted by Gasteiger charge is -2.28. The Labute approximate surface area is 120 Å². The molecule has 1 aromatic carbocycles. The molecule has 0 spiro atoms. The lowest BCUT2D eigenvalue weighted by Crippen LogP contribution is -2.29. The van der Waals surface area contributed by atoms with Crippen LogP contribution in [0.15, 0.2) is 18.2 Å². The molecule has 0 radical (unpaired) electrons. The molecule has 0 aliphatic rings. The normalized spacial score (nSPS) is 14.3. The minimum atomic E-state index is 0.0239. The van der Waals surface area contributed by atoms with Crippen LogP contribution in [0.2, 0.25) is 5.02 Å². The van der Waals surface area contributed by atoms with Gasteiger partial charge in [0.15, 0.2) is 0 Å². The van der Waals surface area contributed by atoms with Crippen molar-refractivity contribution in [2.75, 3.05) is 24.0 Å². The molecule has 2 nitrogen and oxygen atoms in total. The van der Waals surface area contributed by atoms with Crippen molar-refractivity contribution >= 4 is 29.1 Å². The molecule has 0 saturated carbocycles. The van der Waals surface area contributed by atoms with Crippen LogP contribution in [0.3, 0.4) is 0 Å². The predicted octanol–water partition coefficient (Wildman–Crippen LogP) is 3.94. The van der Waals surface area contributed by atoms with Crippen LogP contribution in [0.1, 0.15) is 31.9 Å². The lowest BCUT2D eigenvalue weighted by molar-refractivity contribution is 0.669. The number of rotatable bonds is 6. The highest BCUT2D eigenvalue weighted by Crippen LogP contribution is 2.29. The highest BCUT2D eigenvalue weighted by molar-refractivity contribution is 7.98. The number of thioether (sulfide) groups is 1. The van der Waals surface area contributed by atoms with Crippen molar-refractivity contribution in [3.63, 3.8) is 0 Å². The number of benzene rings is 1. The molecule has 0 aliphatic carbocycles. The summed E-state index contributed by atoms with van der Waals surface area (Å²) in [4.78, 5) is 2.24. The van der Waals surface area contributed by atoms with Gasteiger partial charge in [0.05, 0.1) is 10.7 Å². The fourth-order valence-corrected chi connectivity index (χ4v) is 2.71. The first-order valence-corrected chi connectivity index (χ1v) is 8.01. The van der Waals surface area contributed by atoms with Gasteiger partial charge in [-0.25, -0.2) is 0 Å². The van der Waals surface area contributed by atoms with Crippen molar-refractivity contribution in [2.24, 2.45) is 5.73 Å². The second kappa shape index (κ2) is 7.27. The van der Waals surface area contributed by atoms with Crippen LogP contribution in [-0.2, 0) is 0 Å². The zero-order valence-electron chi connectivity index (χ0n) is 11.6. The number of nitrogens with two attached hydrogens (primary N) is 1. The van der Waals surface area contributed by atoms with Crippen LogP contribution in [0.5, 0.6) is 0 Å². The van der Waals surface area contributed by atoms with Crippen molar-refractivity contribution in [1.29, 1.82) is 0 Å². The molecule has 0 bridgehead atoms. The third kappa shape index (κ3) is 4.08. The van der Waals surface area contributed by atoms with Crippen LogP contribution in [0.4, 0.5) is 5.69 Å². The maximum Gasteiger partial charge on any atom is 0.0642 e. The van der Waals surface area contributed by atoms with Crippen LogP contribution in [0, 0.1) is 0 Å². The third-order valence-electron chi connectivity index (χ3n) is 3.28. The molecular formula is C14H23ClN2S. The van der Waals surface area contributed by atoms with Gasteiger partial charge in [-0.2, -0.15) is 11.8 Å². The Balaban J connectivity index is 2.82. The van der Waals surface area contributed by atoms with E-state index in [1.807, 2.05) is 24.8 Å². The smallest absolute Gasteiger partial charge is 0.0642 e. The van der Waals surface area contributed by atoms with Gasteiger partial charge < -0.3 is 10.6 Å². The Hall–Kier alpha value is -0.380. The van der Waals surface area contributed by atoms with Crippen molar-refractivity contribution in [3.8, 4) is 0 Å². The van der Waals surface area contributed by atoms with Crippen molar-refractivity contribution in [1.82, 2.24) is 0 Å². The van der Waals surface area contributed by atoms with E-state index < -0.39 is 0 Å². The molecule has 0 fully saturated rings. The summed E-state index contributed by atoms with van der Waals surface area (Å²) in [5, 5.41) is 0.781. The average molecular weight is 287 g/mol. The van der Waals surface area contributed by atoms with Gasteiger partial charge in [-0.1, -0.05) is 17.7 Å². The topological polar surface area (TPSA) is 29.3 Å². The molecular weight excluding hydrogens is 264 g/mol. The number of nitrogens with zero attached hydrogens (tertiary/aromatic N) is 1. The summed E-state index contributed by atoms with van der Waals surface area (Å²) in [5.74, 6) is 1.17. The summed E-state index contributed by atoms with van der Waals surface area (Å²) < 4.78 is 0. The molecule has 0 saturated heterocycles. The Morgan fingerprint density at radius 1 is 1.39 bits per heavy atom. The summed E-state index contributed by atoms with van der Waals surface area (Å²) in [7, 11) is 2.09. The maximum atomic E-state index is 6.34. The van der Waals surface area contributed by atoms with Gasteiger partial charge in [0.2, 0.25) is 0 Å². The predicted molar refractivity (Wildman–Crippen MR) is 84.9 cm³/mol.